The van der Waals surface area contributed by atoms with Crippen LogP contribution in [-0.4, -0.2) is 49.1 Å². The fraction of sp³-hybridized carbons (Fsp3) is 0.500. The Morgan fingerprint density at radius 3 is 2.61 bits per heavy atom. The van der Waals surface area contributed by atoms with Crippen molar-refractivity contribution in [3.63, 3.8) is 0 Å². The van der Waals surface area contributed by atoms with E-state index in [1.54, 1.807) is 13.1 Å². The molecule has 0 bridgehead atoms. The summed E-state index contributed by atoms with van der Waals surface area (Å²) in [5.74, 6) is -0.139. The summed E-state index contributed by atoms with van der Waals surface area (Å²) in [5, 5.41) is 10.4. The summed E-state index contributed by atoms with van der Waals surface area (Å²) in [7, 11) is -1.31. The van der Waals surface area contributed by atoms with Crippen molar-refractivity contribution >= 4 is 21.4 Å². The predicted octanol–water partition coefficient (Wildman–Crippen LogP) is 0.930. The van der Waals surface area contributed by atoms with Crippen LogP contribution in [0, 0.1) is 0 Å². The van der Waals surface area contributed by atoms with Crippen molar-refractivity contribution < 1.29 is 13.5 Å². The maximum atomic E-state index is 11.5. The molecule has 1 fully saturated rings. The molecule has 0 aromatic heterocycles. The number of halogens is 1. The molecule has 1 aromatic rings. The van der Waals surface area contributed by atoms with Gasteiger partial charge in [0.05, 0.1) is 23.7 Å². The van der Waals surface area contributed by atoms with Gasteiger partial charge < -0.3 is 5.11 Å². The number of likely N-dealkylation sites (N-methyl/N-ethyl adjacent to an activating group) is 1. The van der Waals surface area contributed by atoms with Crippen LogP contribution in [0.25, 0.3) is 0 Å². The summed E-state index contributed by atoms with van der Waals surface area (Å²) < 4.78 is 22.9. The number of rotatable bonds is 3. The fourth-order valence-corrected chi connectivity index (χ4v) is 4.32. The van der Waals surface area contributed by atoms with E-state index >= 15 is 0 Å². The number of hydrogen-bond donors (Lipinski definition) is 1. The Kier molecular flexibility index (Phi) is 3.96. The average Bonchev–Trinajstić information content (AvgIpc) is 2.55. The van der Waals surface area contributed by atoms with Crippen molar-refractivity contribution in [3.8, 4) is 0 Å². The monoisotopic (exact) mass is 289 g/mol. The first-order valence-corrected chi connectivity index (χ1v) is 7.91. The second-order valence-corrected chi connectivity index (χ2v) is 7.28. The quantitative estimate of drug-likeness (QED) is 0.899. The molecule has 1 heterocycles. The topological polar surface area (TPSA) is 57.6 Å². The van der Waals surface area contributed by atoms with Crippen molar-refractivity contribution in [1.82, 2.24) is 4.90 Å². The van der Waals surface area contributed by atoms with Crippen LogP contribution >= 0.6 is 11.6 Å². The molecule has 0 saturated carbocycles. The van der Waals surface area contributed by atoms with E-state index in [1.807, 2.05) is 23.1 Å². The minimum absolute atomic E-state index is 0.00905. The summed E-state index contributed by atoms with van der Waals surface area (Å²) in [4.78, 5) is 1.84. The van der Waals surface area contributed by atoms with Crippen LogP contribution in [-0.2, 0) is 16.4 Å². The van der Waals surface area contributed by atoms with Crippen molar-refractivity contribution in [2.75, 3.05) is 18.6 Å². The Bertz CT molecular complexity index is 532. The molecule has 2 rings (SSSR count). The number of nitrogens with zero attached hydrogens (tertiary/aromatic N) is 1. The lowest BCUT2D eigenvalue weighted by atomic mass is 10.1. The lowest BCUT2D eigenvalue weighted by Gasteiger charge is -2.26. The van der Waals surface area contributed by atoms with Crippen LogP contribution in [0.4, 0.5) is 0 Å². The van der Waals surface area contributed by atoms with Crippen LogP contribution in [0.2, 0.25) is 5.02 Å². The van der Waals surface area contributed by atoms with Gasteiger partial charge in [-0.1, -0.05) is 29.8 Å². The highest BCUT2D eigenvalue weighted by Gasteiger charge is 2.38. The molecular weight excluding hydrogens is 274 g/mol. The van der Waals surface area contributed by atoms with Crippen molar-refractivity contribution in [1.29, 1.82) is 0 Å². The SMILES string of the molecule is CN(Cc1ccccc1Cl)[C@H]1CS(=O)(=O)C[C@H]1O. The number of benzene rings is 1. The normalized spacial score (nSPS) is 26.7. The van der Waals surface area contributed by atoms with Crippen LogP contribution < -0.4 is 0 Å². The number of aliphatic hydroxyl groups is 1. The zero-order valence-electron chi connectivity index (χ0n) is 10.1. The second-order valence-electron chi connectivity index (χ2n) is 4.72. The van der Waals surface area contributed by atoms with E-state index in [0.717, 1.165) is 5.56 Å². The van der Waals surface area contributed by atoms with Crippen molar-refractivity contribution in [2.45, 2.75) is 18.7 Å². The average molecular weight is 290 g/mol. The van der Waals surface area contributed by atoms with Gasteiger partial charge >= 0.3 is 0 Å². The van der Waals surface area contributed by atoms with Gasteiger partial charge in [0.15, 0.2) is 9.84 Å². The molecule has 0 radical (unpaired) electrons. The number of hydrogen-bond acceptors (Lipinski definition) is 4. The van der Waals surface area contributed by atoms with Crippen LogP contribution in [0.5, 0.6) is 0 Å². The van der Waals surface area contributed by atoms with Crippen LogP contribution in [0.3, 0.4) is 0 Å². The first-order chi connectivity index (χ1) is 8.39. The first kappa shape index (κ1) is 13.8. The predicted molar refractivity (Wildman–Crippen MR) is 71.4 cm³/mol. The molecule has 0 unspecified atom stereocenters. The van der Waals surface area contributed by atoms with Gasteiger partial charge in [-0.05, 0) is 18.7 Å². The van der Waals surface area contributed by atoms with E-state index in [2.05, 4.69) is 0 Å². The molecule has 4 nitrogen and oxygen atoms in total. The maximum Gasteiger partial charge on any atom is 0.154 e. The smallest absolute Gasteiger partial charge is 0.154 e. The summed E-state index contributed by atoms with van der Waals surface area (Å²) in [6.45, 7) is 0.525. The Morgan fingerprint density at radius 1 is 1.39 bits per heavy atom. The molecule has 1 aromatic carbocycles. The minimum Gasteiger partial charge on any atom is -0.390 e. The summed E-state index contributed by atoms with van der Waals surface area (Å²) >= 11 is 6.06. The Labute approximate surface area is 112 Å². The molecule has 0 spiro atoms. The van der Waals surface area contributed by atoms with Gasteiger partial charge in [0.1, 0.15) is 0 Å². The molecular formula is C12H16ClNO3S. The molecule has 6 heteroatoms. The van der Waals surface area contributed by atoms with E-state index in [-0.39, 0.29) is 17.5 Å². The third-order valence-corrected chi connectivity index (χ3v) is 5.30. The van der Waals surface area contributed by atoms with Gasteiger partial charge in [0.25, 0.3) is 0 Å². The van der Waals surface area contributed by atoms with Gasteiger partial charge in [0, 0.05) is 11.6 Å². The molecule has 2 atom stereocenters. The van der Waals surface area contributed by atoms with E-state index in [0.29, 0.717) is 11.6 Å². The number of sulfone groups is 1. The van der Waals surface area contributed by atoms with Crippen LogP contribution in [0.1, 0.15) is 5.56 Å². The molecule has 1 N–H and O–H groups in total. The van der Waals surface area contributed by atoms with Gasteiger partial charge in [-0.15, -0.1) is 0 Å². The molecule has 100 valence electrons. The maximum absolute atomic E-state index is 11.5. The lowest BCUT2D eigenvalue weighted by Crippen LogP contribution is -2.40. The molecule has 0 aliphatic carbocycles. The van der Waals surface area contributed by atoms with Crippen molar-refractivity contribution in [3.05, 3.63) is 34.9 Å². The highest BCUT2D eigenvalue weighted by Crippen LogP contribution is 2.22. The zero-order valence-corrected chi connectivity index (χ0v) is 11.7. The minimum atomic E-state index is -3.12. The molecule has 1 aliphatic heterocycles. The van der Waals surface area contributed by atoms with E-state index in [9.17, 15) is 13.5 Å². The summed E-state index contributed by atoms with van der Waals surface area (Å²) in [6, 6.07) is 7.07. The molecule has 0 amide bonds. The van der Waals surface area contributed by atoms with Gasteiger partial charge in [-0.25, -0.2) is 8.42 Å². The standard InChI is InChI=1S/C12H16ClNO3S/c1-14(6-9-4-2-3-5-10(9)13)11-7-18(16,17)8-12(11)15/h2-5,11-12,15H,6-8H2,1H3/t11-,12+/m0/s1. The Balaban J connectivity index is 2.09. The van der Waals surface area contributed by atoms with E-state index < -0.39 is 15.9 Å². The highest BCUT2D eigenvalue weighted by molar-refractivity contribution is 7.91. The largest absolute Gasteiger partial charge is 0.390 e. The van der Waals surface area contributed by atoms with Gasteiger partial charge in [-0.3, -0.25) is 4.90 Å². The highest BCUT2D eigenvalue weighted by atomic mass is 35.5. The Hall–Kier alpha value is -0.620. The zero-order chi connectivity index (χ0) is 13.3. The van der Waals surface area contributed by atoms with Gasteiger partial charge in [-0.2, -0.15) is 0 Å². The van der Waals surface area contributed by atoms with E-state index in [1.165, 1.54) is 0 Å². The second kappa shape index (κ2) is 5.17. The molecule has 18 heavy (non-hydrogen) atoms. The third-order valence-electron chi connectivity index (χ3n) is 3.24. The summed E-state index contributed by atoms with van der Waals surface area (Å²) in [6.07, 6.45) is -0.817. The Morgan fingerprint density at radius 2 is 2.06 bits per heavy atom. The lowest BCUT2D eigenvalue weighted by molar-refractivity contribution is 0.0958. The summed E-state index contributed by atoms with van der Waals surface area (Å²) in [5.41, 5.74) is 0.929. The van der Waals surface area contributed by atoms with Gasteiger partial charge in [0.2, 0.25) is 0 Å². The number of aliphatic hydroxyl groups excluding tert-OH is 1. The van der Waals surface area contributed by atoms with E-state index in [4.69, 9.17) is 11.6 Å². The molecule has 1 saturated heterocycles. The molecule has 1 aliphatic rings. The fourth-order valence-electron chi connectivity index (χ4n) is 2.24. The van der Waals surface area contributed by atoms with Crippen molar-refractivity contribution in [2.24, 2.45) is 0 Å². The third kappa shape index (κ3) is 3.03. The first-order valence-electron chi connectivity index (χ1n) is 5.71. The van der Waals surface area contributed by atoms with Crippen LogP contribution in [0.15, 0.2) is 24.3 Å².